The van der Waals surface area contributed by atoms with E-state index in [1.54, 1.807) is 12.1 Å². The van der Waals surface area contributed by atoms with Crippen molar-refractivity contribution in [3.8, 4) is 0 Å². The van der Waals surface area contributed by atoms with Crippen molar-refractivity contribution in [1.82, 2.24) is 5.32 Å². The highest BCUT2D eigenvalue weighted by Gasteiger charge is 2.13. The molecule has 23 heavy (non-hydrogen) atoms. The zero-order valence-corrected chi connectivity index (χ0v) is 13.8. The molecule has 0 aliphatic rings. The van der Waals surface area contributed by atoms with E-state index in [2.05, 4.69) is 18.3 Å². The van der Waals surface area contributed by atoms with Crippen molar-refractivity contribution < 1.29 is 9.52 Å². The molecule has 3 nitrogen and oxygen atoms in total. The lowest BCUT2D eigenvalue weighted by Crippen LogP contribution is -2.21. The number of nitrogens with one attached hydrogen (secondary N) is 1. The molecule has 1 atom stereocenters. The van der Waals surface area contributed by atoms with Crippen LogP contribution in [-0.4, -0.2) is 11.7 Å². The van der Waals surface area contributed by atoms with Gasteiger partial charge in [-0.2, -0.15) is 0 Å². The van der Waals surface area contributed by atoms with Crippen LogP contribution in [0.4, 0.5) is 0 Å². The van der Waals surface area contributed by atoms with E-state index in [1.807, 2.05) is 30.3 Å². The Morgan fingerprint density at radius 1 is 1.13 bits per heavy atom. The van der Waals surface area contributed by atoms with Gasteiger partial charge in [-0.25, -0.2) is 0 Å². The van der Waals surface area contributed by atoms with E-state index >= 15 is 0 Å². The zero-order chi connectivity index (χ0) is 16.2. The molecule has 0 radical (unpaired) electrons. The highest BCUT2D eigenvalue weighted by molar-refractivity contribution is 6.30. The number of rotatable bonds is 6. The summed E-state index contributed by atoms with van der Waals surface area (Å²) in [5, 5.41) is 15.4. The molecule has 0 unspecified atom stereocenters. The molecule has 1 heterocycles. The summed E-state index contributed by atoms with van der Waals surface area (Å²) in [6, 6.07) is 15.3. The first-order chi connectivity index (χ1) is 11.2. The molecule has 3 rings (SSSR count). The number of furan rings is 1. The molecule has 0 amide bonds. The second kappa shape index (κ2) is 7.18. The highest BCUT2D eigenvalue weighted by atomic mass is 35.5. The smallest absolute Gasteiger partial charge is 0.134 e. The summed E-state index contributed by atoms with van der Waals surface area (Å²) in [5.74, 6) is 1.000. The van der Waals surface area contributed by atoms with Gasteiger partial charge in [0.1, 0.15) is 11.3 Å². The van der Waals surface area contributed by atoms with Gasteiger partial charge in [-0.1, -0.05) is 48.9 Å². The van der Waals surface area contributed by atoms with Crippen molar-refractivity contribution in [3.63, 3.8) is 0 Å². The lowest BCUT2D eigenvalue weighted by molar-refractivity contribution is 0.174. The minimum absolute atomic E-state index is 0.476. The molecular weight excluding hydrogens is 310 g/mol. The summed E-state index contributed by atoms with van der Waals surface area (Å²) in [6.45, 7) is 3.24. The van der Waals surface area contributed by atoms with Gasteiger partial charge in [-0.3, -0.25) is 0 Å². The van der Waals surface area contributed by atoms with Crippen LogP contribution in [0.2, 0.25) is 5.02 Å². The van der Waals surface area contributed by atoms with E-state index < -0.39 is 6.10 Å². The predicted octanol–water partition coefficient (Wildman–Crippen LogP) is 4.47. The Morgan fingerprint density at radius 3 is 2.61 bits per heavy atom. The Kier molecular flexibility index (Phi) is 5.01. The number of hydrogen-bond donors (Lipinski definition) is 2. The second-order valence-corrected chi connectivity index (χ2v) is 5.99. The van der Waals surface area contributed by atoms with Gasteiger partial charge in [0.15, 0.2) is 0 Å². The molecule has 2 aromatic carbocycles. The van der Waals surface area contributed by atoms with Crippen LogP contribution in [0.3, 0.4) is 0 Å². The average molecular weight is 330 g/mol. The van der Waals surface area contributed by atoms with Crippen LogP contribution in [0.1, 0.15) is 29.9 Å². The number of hydrogen-bond acceptors (Lipinski definition) is 3. The van der Waals surface area contributed by atoms with E-state index in [4.69, 9.17) is 16.0 Å². The maximum atomic E-state index is 10.3. The van der Waals surface area contributed by atoms with Crippen LogP contribution >= 0.6 is 11.6 Å². The topological polar surface area (TPSA) is 45.4 Å². The summed E-state index contributed by atoms with van der Waals surface area (Å²) in [4.78, 5) is 0. The summed E-state index contributed by atoms with van der Waals surface area (Å²) >= 11 is 5.87. The SMILES string of the molecule is CCc1oc2ccccc2c1CNC[C@H](O)c1ccc(Cl)cc1. The predicted molar refractivity (Wildman–Crippen MR) is 93.7 cm³/mol. The number of aliphatic hydroxyl groups is 1. The normalized spacial score (nSPS) is 12.7. The van der Waals surface area contributed by atoms with Gasteiger partial charge in [0.05, 0.1) is 6.10 Å². The molecule has 2 N–H and O–H groups in total. The van der Waals surface area contributed by atoms with Gasteiger partial charge in [-0.05, 0) is 23.8 Å². The van der Waals surface area contributed by atoms with Crippen molar-refractivity contribution in [1.29, 1.82) is 0 Å². The fourth-order valence-corrected chi connectivity index (χ4v) is 2.89. The van der Waals surface area contributed by atoms with Gasteiger partial charge in [0.2, 0.25) is 0 Å². The lowest BCUT2D eigenvalue weighted by Gasteiger charge is -2.12. The van der Waals surface area contributed by atoms with E-state index in [0.29, 0.717) is 18.1 Å². The van der Waals surface area contributed by atoms with Crippen LogP contribution in [0.5, 0.6) is 0 Å². The van der Waals surface area contributed by atoms with Crippen molar-refractivity contribution in [2.75, 3.05) is 6.54 Å². The van der Waals surface area contributed by atoms with Crippen LogP contribution in [0, 0.1) is 0 Å². The standard InChI is InChI=1S/C19H20ClNO2/c1-2-18-16(15-5-3-4-6-19(15)23-18)11-21-12-17(22)13-7-9-14(20)10-8-13/h3-10,17,21-22H,2,11-12H2,1H3/t17-/m0/s1. The number of para-hydroxylation sites is 1. The van der Waals surface area contributed by atoms with Gasteiger partial charge in [0.25, 0.3) is 0 Å². The molecule has 0 aliphatic heterocycles. The van der Waals surface area contributed by atoms with Gasteiger partial charge in [-0.15, -0.1) is 0 Å². The van der Waals surface area contributed by atoms with E-state index in [-0.39, 0.29) is 0 Å². The van der Waals surface area contributed by atoms with Crippen molar-refractivity contribution in [3.05, 3.63) is 70.4 Å². The first-order valence-electron chi connectivity index (χ1n) is 7.82. The molecule has 4 heteroatoms. The minimum atomic E-state index is -0.560. The van der Waals surface area contributed by atoms with Gasteiger partial charge in [0, 0.05) is 35.5 Å². The fourth-order valence-electron chi connectivity index (χ4n) is 2.77. The molecular formula is C19H20ClNO2. The Balaban J connectivity index is 1.67. The monoisotopic (exact) mass is 329 g/mol. The number of aliphatic hydroxyl groups excluding tert-OH is 1. The summed E-state index contributed by atoms with van der Waals surface area (Å²) in [6.07, 6.45) is 0.293. The lowest BCUT2D eigenvalue weighted by atomic mass is 10.1. The minimum Gasteiger partial charge on any atom is -0.461 e. The van der Waals surface area contributed by atoms with Crippen molar-refractivity contribution >= 4 is 22.6 Å². The highest BCUT2D eigenvalue weighted by Crippen LogP contribution is 2.26. The number of halogens is 1. The molecule has 0 saturated heterocycles. The summed E-state index contributed by atoms with van der Waals surface area (Å²) in [5.41, 5.74) is 2.94. The van der Waals surface area contributed by atoms with Crippen LogP contribution in [-0.2, 0) is 13.0 Å². The quantitative estimate of drug-likeness (QED) is 0.701. The van der Waals surface area contributed by atoms with Crippen LogP contribution in [0.15, 0.2) is 52.9 Å². The third-order valence-corrected chi connectivity index (χ3v) is 4.25. The Hall–Kier alpha value is -1.81. The molecule has 0 aliphatic carbocycles. The molecule has 0 bridgehead atoms. The van der Waals surface area contributed by atoms with Crippen LogP contribution < -0.4 is 5.32 Å². The second-order valence-electron chi connectivity index (χ2n) is 5.55. The average Bonchev–Trinajstić information content (AvgIpc) is 2.93. The molecule has 1 aromatic heterocycles. The first-order valence-corrected chi connectivity index (χ1v) is 8.20. The van der Waals surface area contributed by atoms with Gasteiger partial charge < -0.3 is 14.8 Å². The maximum Gasteiger partial charge on any atom is 0.134 e. The Bertz CT molecular complexity index is 780. The van der Waals surface area contributed by atoms with Gasteiger partial charge >= 0.3 is 0 Å². The molecule has 0 fully saturated rings. The number of benzene rings is 2. The Morgan fingerprint density at radius 2 is 1.87 bits per heavy atom. The van der Waals surface area contributed by atoms with E-state index in [1.165, 1.54) is 5.56 Å². The number of aryl methyl sites for hydroxylation is 1. The van der Waals surface area contributed by atoms with E-state index in [0.717, 1.165) is 28.7 Å². The molecule has 3 aromatic rings. The fraction of sp³-hybridized carbons (Fsp3) is 0.263. The third kappa shape index (κ3) is 3.58. The third-order valence-electron chi connectivity index (χ3n) is 4.00. The van der Waals surface area contributed by atoms with Crippen LogP contribution in [0.25, 0.3) is 11.0 Å². The molecule has 0 saturated carbocycles. The summed E-state index contributed by atoms with van der Waals surface area (Å²) in [7, 11) is 0. The first kappa shape index (κ1) is 16.1. The Labute approximate surface area is 140 Å². The zero-order valence-electron chi connectivity index (χ0n) is 13.1. The maximum absolute atomic E-state index is 10.3. The van der Waals surface area contributed by atoms with Crippen molar-refractivity contribution in [2.45, 2.75) is 26.0 Å². The number of fused-ring (bicyclic) bond motifs is 1. The largest absolute Gasteiger partial charge is 0.461 e. The molecule has 0 spiro atoms. The summed E-state index contributed by atoms with van der Waals surface area (Å²) < 4.78 is 5.89. The molecule has 120 valence electrons. The van der Waals surface area contributed by atoms with E-state index in [9.17, 15) is 5.11 Å². The van der Waals surface area contributed by atoms with Crippen molar-refractivity contribution in [2.24, 2.45) is 0 Å².